The first-order chi connectivity index (χ1) is 14.0. The monoisotopic (exact) mass is 398 g/mol. The standard InChI is InChI=1S/C24H13O4P/c1-3-15-5-9-19-17(13-15)7-11-21-23(19)24-20-10-6-16(4-2)14-18(20)8-12-22(24)28-29(25,26)27-21/h1-2,5-14H,(H,25,26)/i25+2. The van der Waals surface area contributed by atoms with Crippen molar-refractivity contribution in [3.05, 3.63) is 71.8 Å². The van der Waals surface area contributed by atoms with Gasteiger partial charge in [-0.1, -0.05) is 36.1 Å². The number of terminal acetylenes is 2. The Labute approximate surface area is 167 Å². The minimum absolute atomic E-state index is 0.268. The summed E-state index contributed by atoms with van der Waals surface area (Å²) in [5, 5.41) is 3.45. The number of benzene rings is 4. The molecule has 0 aromatic heterocycles. The van der Waals surface area contributed by atoms with Crippen molar-refractivity contribution in [2.24, 2.45) is 0 Å². The molecule has 5 heteroatoms. The van der Waals surface area contributed by atoms with Crippen LogP contribution in [0, 0.1) is 24.7 Å². The Bertz CT molecular complexity index is 1360. The first kappa shape index (κ1) is 17.4. The number of hydrogen-bond donors (Lipinski definition) is 1. The van der Waals surface area contributed by atoms with Gasteiger partial charge < -0.3 is 9.05 Å². The second-order valence-electron chi connectivity index (χ2n) is 6.69. The van der Waals surface area contributed by atoms with E-state index in [0.717, 1.165) is 32.7 Å². The molecule has 0 unspecified atom stereocenters. The average molecular weight is 398 g/mol. The lowest BCUT2D eigenvalue weighted by molar-refractivity contribution is 0.294. The molecule has 5 rings (SSSR count). The fourth-order valence-electron chi connectivity index (χ4n) is 3.73. The molecule has 1 N–H and O–H groups in total. The highest BCUT2D eigenvalue weighted by Crippen LogP contribution is 2.56. The Balaban J connectivity index is 1.96. The van der Waals surface area contributed by atoms with Gasteiger partial charge in [0.15, 0.2) is 0 Å². The zero-order valence-electron chi connectivity index (χ0n) is 15.0. The lowest BCUT2D eigenvalue weighted by atomic mass is 9.91. The van der Waals surface area contributed by atoms with E-state index in [1.807, 2.05) is 48.5 Å². The summed E-state index contributed by atoms with van der Waals surface area (Å²) >= 11 is 0. The molecule has 0 bridgehead atoms. The summed E-state index contributed by atoms with van der Waals surface area (Å²) < 4.78 is 23.3. The minimum atomic E-state index is -4.35. The number of hydrogen-bond acceptors (Lipinski definition) is 3. The third-order valence-electron chi connectivity index (χ3n) is 4.97. The van der Waals surface area contributed by atoms with Gasteiger partial charge in [0, 0.05) is 22.3 Å². The molecular weight excluding hydrogens is 385 g/mol. The summed E-state index contributed by atoms with van der Waals surface area (Å²) in [4.78, 5) is 10.2. The van der Waals surface area contributed by atoms with Gasteiger partial charge in [0.25, 0.3) is 0 Å². The zero-order chi connectivity index (χ0) is 20.2. The predicted molar refractivity (Wildman–Crippen MR) is 114 cm³/mol. The van der Waals surface area contributed by atoms with Crippen LogP contribution in [0.3, 0.4) is 0 Å². The average Bonchev–Trinajstić information content (AvgIpc) is 2.84. The molecule has 0 atom stereocenters. The van der Waals surface area contributed by atoms with Crippen molar-refractivity contribution in [3.63, 3.8) is 0 Å². The number of phosphoric ester groups is 1. The van der Waals surface area contributed by atoms with E-state index in [2.05, 4.69) is 11.8 Å². The van der Waals surface area contributed by atoms with E-state index in [1.54, 1.807) is 12.1 Å². The second-order valence-corrected chi connectivity index (χ2v) is 7.99. The van der Waals surface area contributed by atoms with Crippen LogP contribution in [0.2, 0.25) is 0 Å². The summed E-state index contributed by atoms with van der Waals surface area (Å²) in [5.41, 5.74) is 2.83. The molecule has 138 valence electrons. The maximum atomic E-state index is 12.5. The molecule has 0 saturated heterocycles. The summed E-state index contributed by atoms with van der Waals surface area (Å²) in [6, 6.07) is 18.1. The molecule has 0 aliphatic carbocycles. The highest BCUT2D eigenvalue weighted by Gasteiger charge is 2.33. The van der Waals surface area contributed by atoms with E-state index < -0.39 is 7.82 Å². The normalized spacial score (nSPS) is 13.9. The van der Waals surface area contributed by atoms with Crippen LogP contribution in [0.4, 0.5) is 0 Å². The third kappa shape index (κ3) is 2.75. The Hall–Kier alpha value is -3.69. The van der Waals surface area contributed by atoms with Crippen molar-refractivity contribution in [1.82, 2.24) is 0 Å². The highest BCUT2D eigenvalue weighted by molar-refractivity contribution is 7.48. The fourth-order valence-corrected chi connectivity index (χ4v) is 4.57. The molecule has 0 amide bonds. The van der Waals surface area contributed by atoms with Gasteiger partial charge in [0.05, 0.1) is 0 Å². The van der Waals surface area contributed by atoms with Crippen LogP contribution < -0.4 is 9.05 Å². The predicted octanol–water partition coefficient (Wildman–Crippen LogP) is 5.49. The Morgan fingerprint density at radius 1 is 0.724 bits per heavy atom. The van der Waals surface area contributed by atoms with Crippen LogP contribution in [0.15, 0.2) is 60.7 Å². The van der Waals surface area contributed by atoms with Gasteiger partial charge in [0.1, 0.15) is 11.5 Å². The molecule has 0 fully saturated rings. The maximum absolute atomic E-state index is 12.5. The van der Waals surface area contributed by atoms with Gasteiger partial charge in [-0.3, -0.25) is 4.89 Å². The summed E-state index contributed by atoms with van der Waals surface area (Å²) in [6.07, 6.45) is 11.1. The molecule has 1 aliphatic heterocycles. The first-order valence-corrected chi connectivity index (χ1v) is 10.3. The van der Waals surface area contributed by atoms with Crippen LogP contribution >= 0.6 is 7.82 Å². The van der Waals surface area contributed by atoms with Crippen LogP contribution in [0.1, 0.15) is 11.1 Å². The van der Waals surface area contributed by atoms with Crippen LogP contribution in [0.5, 0.6) is 11.5 Å². The molecule has 4 aromatic carbocycles. The molecular formula is C24H13O4P. The van der Waals surface area contributed by atoms with E-state index in [4.69, 9.17) is 21.9 Å². The van der Waals surface area contributed by atoms with Crippen molar-refractivity contribution >= 4 is 29.4 Å². The van der Waals surface area contributed by atoms with Gasteiger partial charge in [-0.25, -0.2) is 4.57 Å². The van der Waals surface area contributed by atoms with E-state index in [9.17, 15) is 9.46 Å². The molecule has 1 heterocycles. The molecule has 0 saturated carbocycles. The molecule has 4 nitrogen and oxygen atoms in total. The van der Waals surface area contributed by atoms with E-state index >= 15 is 0 Å². The lowest BCUT2D eigenvalue weighted by Gasteiger charge is -2.13. The quantitative estimate of drug-likeness (QED) is 0.242. The summed E-state index contributed by atoms with van der Waals surface area (Å²) in [7, 11) is -4.35. The van der Waals surface area contributed by atoms with Gasteiger partial charge >= 0.3 is 7.82 Å². The van der Waals surface area contributed by atoms with Crippen molar-refractivity contribution in [2.45, 2.75) is 0 Å². The SMILES string of the molecule is C#Cc1ccc2c3c(ccc2c1)OP(O)(=[18O])Oc1ccc2cc(C#C)ccc2c1-3. The Morgan fingerprint density at radius 3 is 1.59 bits per heavy atom. The Morgan fingerprint density at radius 2 is 1.17 bits per heavy atom. The minimum Gasteiger partial charge on any atom is -0.395 e. The highest BCUT2D eigenvalue weighted by atomic mass is 31.2. The van der Waals surface area contributed by atoms with Gasteiger partial charge in [0.2, 0.25) is 0 Å². The van der Waals surface area contributed by atoms with Crippen molar-refractivity contribution in [2.75, 3.05) is 0 Å². The van der Waals surface area contributed by atoms with Crippen LogP contribution in [-0.4, -0.2) is 4.89 Å². The van der Waals surface area contributed by atoms with Gasteiger partial charge in [-0.05, 0) is 57.9 Å². The van der Waals surface area contributed by atoms with E-state index in [-0.39, 0.29) is 11.5 Å². The molecule has 0 radical (unpaired) electrons. The zero-order valence-corrected chi connectivity index (χ0v) is 15.9. The van der Waals surface area contributed by atoms with Crippen molar-refractivity contribution in [1.29, 1.82) is 0 Å². The number of rotatable bonds is 0. The van der Waals surface area contributed by atoms with E-state index in [0.29, 0.717) is 11.1 Å². The number of phosphoric acid groups is 1. The molecule has 4 aromatic rings. The third-order valence-corrected chi connectivity index (χ3v) is 5.83. The number of fused-ring (bicyclic) bond motifs is 7. The summed E-state index contributed by atoms with van der Waals surface area (Å²) in [6.45, 7) is 0. The largest absolute Gasteiger partial charge is 0.584 e. The Kier molecular flexibility index (Phi) is 3.70. The lowest BCUT2D eigenvalue weighted by Crippen LogP contribution is -1.97. The van der Waals surface area contributed by atoms with Gasteiger partial charge in [-0.2, -0.15) is 0 Å². The first-order valence-electron chi connectivity index (χ1n) is 8.78. The van der Waals surface area contributed by atoms with Gasteiger partial charge in [-0.15, -0.1) is 12.8 Å². The van der Waals surface area contributed by atoms with Crippen LogP contribution in [-0.2, 0) is 4.57 Å². The molecule has 0 spiro atoms. The fraction of sp³-hybridized carbons (Fsp3) is 0. The topological polar surface area (TPSA) is 55.8 Å². The maximum Gasteiger partial charge on any atom is 0.584 e. The molecule has 29 heavy (non-hydrogen) atoms. The van der Waals surface area contributed by atoms with Crippen LogP contribution in [0.25, 0.3) is 32.7 Å². The van der Waals surface area contributed by atoms with Crippen molar-refractivity contribution < 1.29 is 18.5 Å². The van der Waals surface area contributed by atoms with Crippen molar-refractivity contribution in [3.8, 4) is 47.3 Å². The van der Waals surface area contributed by atoms with E-state index in [1.165, 1.54) is 0 Å². The second kappa shape index (κ2) is 6.16. The molecule has 1 aliphatic rings. The summed E-state index contributed by atoms with van der Waals surface area (Å²) in [5.74, 6) is 5.79. The smallest absolute Gasteiger partial charge is 0.395 e.